The average Bonchev–Trinajstić information content (AvgIpc) is 3.16. The zero-order valence-electron chi connectivity index (χ0n) is 19.7. The molecule has 0 atom stereocenters. The predicted molar refractivity (Wildman–Crippen MR) is 139 cm³/mol. The van der Waals surface area contributed by atoms with E-state index in [1.807, 2.05) is 50.2 Å². The van der Waals surface area contributed by atoms with Gasteiger partial charge in [-0.05, 0) is 60.9 Å². The second kappa shape index (κ2) is 9.03. The van der Waals surface area contributed by atoms with E-state index >= 15 is 0 Å². The Bertz CT molecular complexity index is 1670. The molecule has 1 aromatic heterocycles. The van der Waals surface area contributed by atoms with E-state index in [1.54, 1.807) is 36.4 Å². The van der Waals surface area contributed by atoms with Gasteiger partial charge in [-0.3, -0.25) is 4.57 Å². The molecule has 1 heterocycles. The van der Waals surface area contributed by atoms with Gasteiger partial charge < -0.3 is 15.3 Å². The van der Waals surface area contributed by atoms with Crippen molar-refractivity contribution in [2.24, 2.45) is 10.2 Å². The highest BCUT2D eigenvalue weighted by molar-refractivity contribution is 5.97. The maximum Gasteiger partial charge on any atom is 0.335 e. The third-order valence-electron chi connectivity index (χ3n) is 6.27. The van der Waals surface area contributed by atoms with Gasteiger partial charge in [-0.15, -0.1) is 10.2 Å². The van der Waals surface area contributed by atoms with Crippen molar-refractivity contribution in [2.75, 3.05) is 0 Å². The van der Waals surface area contributed by atoms with Crippen molar-refractivity contribution in [3.05, 3.63) is 102 Å². The molecule has 7 heteroatoms. The smallest absolute Gasteiger partial charge is 0.335 e. The van der Waals surface area contributed by atoms with Crippen LogP contribution in [0.5, 0.6) is 11.6 Å². The third-order valence-corrected chi connectivity index (χ3v) is 6.27. The first-order chi connectivity index (χ1) is 17.3. The highest BCUT2D eigenvalue weighted by Crippen LogP contribution is 2.43. The van der Waals surface area contributed by atoms with Crippen LogP contribution in [-0.2, 0) is 0 Å². The fourth-order valence-electron chi connectivity index (χ4n) is 4.21. The average molecular weight is 478 g/mol. The highest BCUT2D eigenvalue weighted by Gasteiger charge is 2.19. The molecule has 0 saturated carbocycles. The standard InChI is InChI=1S/C29H23N3O4/c1-17-13-14-19(15-18(17)2)22-10-6-11-24(27(22)33)30-31-26-23-9-3-4-12-25(23)32(28(26)34)21-8-5-7-20(16-21)29(35)36/h3-16,33-34H,1-2H3,(H,35,36). The summed E-state index contributed by atoms with van der Waals surface area (Å²) in [5, 5.41) is 40.7. The molecule has 36 heavy (non-hydrogen) atoms. The van der Waals surface area contributed by atoms with E-state index in [4.69, 9.17) is 0 Å². The number of phenolic OH excluding ortho intramolecular Hbond substituents is 1. The summed E-state index contributed by atoms with van der Waals surface area (Å²) in [6.07, 6.45) is 0. The SMILES string of the molecule is Cc1ccc(-c2cccc(N=Nc3c(O)n(-c4cccc(C(=O)O)c4)c4ccccc34)c2O)cc1C. The van der Waals surface area contributed by atoms with Crippen LogP contribution >= 0.6 is 0 Å². The van der Waals surface area contributed by atoms with Crippen LogP contribution in [-0.4, -0.2) is 25.9 Å². The van der Waals surface area contributed by atoms with E-state index in [1.165, 1.54) is 16.7 Å². The molecule has 0 aliphatic heterocycles. The number of para-hydroxylation sites is 2. The number of hydrogen-bond donors (Lipinski definition) is 3. The highest BCUT2D eigenvalue weighted by atomic mass is 16.4. The van der Waals surface area contributed by atoms with Crippen molar-refractivity contribution in [3.8, 4) is 28.4 Å². The predicted octanol–water partition coefficient (Wildman–Crippen LogP) is 7.44. The van der Waals surface area contributed by atoms with Gasteiger partial charge in [-0.2, -0.15) is 0 Å². The molecule has 0 aliphatic rings. The Kier molecular flexibility index (Phi) is 5.74. The number of aromatic carboxylic acids is 1. The van der Waals surface area contributed by atoms with Gasteiger partial charge in [0, 0.05) is 16.6 Å². The normalized spacial score (nSPS) is 11.4. The van der Waals surface area contributed by atoms with Crippen molar-refractivity contribution in [2.45, 2.75) is 13.8 Å². The number of rotatable bonds is 5. The Morgan fingerprint density at radius 2 is 1.58 bits per heavy atom. The molecule has 3 N–H and O–H groups in total. The lowest BCUT2D eigenvalue weighted by Crippen LogP contribution is -1.99. The number of hydrogen-bond acceptors (Lipinski definition) is 5. The summed E-state index contributed by atoms with van der Waals surface area (Å²) >= 11 is 0. The zero-order chi connectivity index (χ0) is 25.4. The molecule has 0 saturated heterocycles. The third kappa shape index (κ3) is 3.96. The van der Waals surface area contributed by atoms with Crippen molar-refractivity contribution in [1.29, 1.82) is 0 Å². The Hall–Kier alpha value is -4.91. The topological polar surface area (TPSA) is 107 Å². The number of carbonyl (C=O) groups is 1. The van der Waals surface area contributed by atoms with Crippen LogP contribution in [0.1, 0.15) is 21.5 Å². The van der Waals surface area contributed by atoms with Crippen LogP contribution in [0.4, 0.5) is 11.4 Å². The molecule has 5 rings (SSSR count). The van der Waals surface area contributed by atoms with Crippen molar-refractivity contribution >= 4 is 28.2 Å². The van der Waals surface area contributed by atoms with Gasteiger partial charge in [-0.25, -0.2) is 4.79 Å². The summed E-state index contributed by atoms with van der Waals surface area (Å²) < 4.78 is 1.53. The van der Waals surface area contributed by atoms with Gasteiger partial charge in [0.25, 0.3) is 0 Å². The van der Waals surface area contributed by atoms with Gasteiger partial charge in [0.15, 0.2) is 11.4 Å². The van der Waals surface area contributed by atoms with Crippen LogP contribution in [0.25, 0.3) is 27.7 Å². The van der Waals surface area contributed by atoms with E-state index in [0.29, 0.717) is 22.2 Å². The molecule has 0 bridgehead atoms. The molecule has 0 aliphatic carbocycles. The summed E-state index contributed by atoms with van der Waals surface area (Å²) in [6, 6.07) is 24.7. The molecule has 0 amide bonds. The molecule has 178 valence electrons. The van der Waals surface area contributed by atoms with Crippen molar-refractivity contribution in [3.63, 3.8) is 0 Å². The summed E-state index contributed by atoms with van der Waals surface area (Å²) in [6.45, 7) is 4.05. The van der Waals surface area contributed by atoms with Crippen LogP contribution in [0.15, 0.2) is 95.2 Å². The maximum atomic E-state index is 11.5. The fourth-order valence-corrected chi connectivity index (χ4v) is 4.21. The molecule has 7 nitrogen and oxygen atoms in total. The molecule has 0 spiro atoms. The number of azo groups is 1. The molecule has 0 radical (unpaired) electrons. The number of aryl methyl sites for hydroxylation is 2. The second-order valence-corrected chi connectivity index (χ2v) is 8.55. The monoisotopic (exact) mass is 477 g/mol. The van der Waals surface area contributed by atoms with Gasteiger partial charge in [0.05, 0.1) is 11.1 Å². The van der Waals surface area contributed by atoms with Crippen LogP contribution < -0.4 is 0 Å². The maximum absolute atomic E-state index is 11.5. The Morgan fingerprint density at radius 1 is 0.806 bits per heavy atom. The first kappa shape index (κ1) is 22.9. The van der Waals surface area contributed by atoms with E-state index in [9.17, 15) is 20.1 Å². The van der Waals surface area contributed by atoms with E-state index in [2.05, 4.69) is 10.2 Å². The molecule has 0 unspecified atom stereocenters. The Balaban J connectivity index is 1.61. The van der Waals surface area contributed by atoms with Gasteiger partial charge in [-0.1, -0.05) is 54.6 Å². The summed E-state index contributed by atoms with van der Waals surface area (Å²) in [4.78, 5) is 11.5. The van der Waals surface area contributed by atoms with Crippen LogP contribution in [0, 0.1) is 13.8 Å². The first-order valence-electron chi connectivity index (χ1n) is 11.3. The van der Waals surface area contributed by atoms with Crippen LogP contribution in [0.3, 0.4) is 0 Å². The Morgan fingerprint density at radius 3 is 2.36 bits per heavy atom. The number of aromatic nitrogens is 1. The zero-order valence-corrected chi connectivity index (χ0v) is 19.7. The van der Waals surface area contributed by atoms with Crippen molar-refractivity contribution in [1.82, 2.24) is 4.57 Å². The van der Waals surface area contributed by atoms with Gasteiger partial charge >= 0.3 is 5.97 Å². The second-order valence-electron chi connectivity index (χ2n) is 8.55. The first-order valence-corrected chi connectivity index (χ1v) is 11.3. The Labute approximate surface area is 207 Å². The number of aromatic hydroxyl groups is 2. The summed E-state index contributed by atoms with van der Waals surface area (Å²) in [7, 11) is 0. The van der Waals surface area contributed by atoms with E-state index < -0.39 is 5.97 Å². The number of nitrogens with zero attached hydrogens (tertiary/aromatic N) is 3. The molecule has 4 aromatic carbocycles. The molecule has 5 aromatic rings. The molecular weight excluding hydrogens is 454 g/mol. The number of carboxylic acid groups (broad SMARTS) is 1. The minimum absolute atomic E-state index is 0.0121. The molecule has 0 fully saturated rings. The summed E-state index contributed by atoms with van der Waals surface area (Å²) in [5.74, 6) is -1.26. The number of fused-ring (bicyclic) bond motifs is 1. The van der Waals surface area contributed by atoms with Gasteiger partial charge in [0.1, 0.15) is 5.69 Å². The number of benzene rings is 4. The summed E-state index contributed by atoms with van der Waals surface area (Å²) in [5.41, 5.74) is 5.46. The lowest BCUT2D eigenvalue weighted by molar-refractivity contribution is 0.0697. The largest absolute Gasteiger partial charge is 0.505 e. The quantitative estimate of drug-likeness (QED) is 0.229. The van der Waals surface area contributed by atoms with E-state index in [-0.39, 0.29) is 28.6 Å². The minimum Gasteiger partial charge on any atom is -0.505 e. The fraction of sp³-hybridized carbons (Fsp3) is 0.0690. The van der Waals surface area contributed by atoms with Gasteiger partial charge in [0.2, 0.25) is 5.88 Å². The molecular formula is C29H23N3O4. The lowest BCUT2D eigenvalue weighted by Gasteiger charge is -2.09. The number of carboxylic acids is 1. The lowest BCUT2D eigenvalue weighted by atomic mass is 9.99. The van der Waals surface area contributed by atoms with Crippen molar-refractivity contribution < 1.29 is 20.1 Å². The number of phenols is 1. The minimum atomic E-state index is -1.06. The van der Waals surface area contributed by atoms with E-state index in [0.717, 1.165) is 16.7 Å². The van der Waals surface area contributed by atoms with Crippen LogP contribution in [0.2, 0.25) is 0 Å².